The van der Waals surface area contributed by atoms with E-state index in [1.807, 2.05) is 0 Å². The van der Waals surface area contributed by atoms with E-state index in [-0.39, 0.29) is 39.1 Å². The van der Waals surface area contributed by atoms with Gasteiger partial charge in [-0.05, 0) is 6.42 Å². The molecule has 9 nitrogen and oxygen atoms in total. The largest absolute Gasteiger partial charge is 0.480 e. The lowest BCUT2D eigenvalue weighted by molar-refractivity contribution is -0.142. The maximum atomic E-state index is 12.0. The number of methoxy groups -OCH3 is 1. The van der Waals surface area contributed by atoms with Gasteiger partial charge in [-0.15, -0.1) is 0 Å². The number of carboxylic acid groups (broad SMARTS) is 1. The Bertz CT molecular complexity index is 445. The molecule has 1 rings (SSSR count). The molecule has 0 aromatic heterocycles. The molecule has 0 amide bonds. The van der Waals surface area contributed by atoms with E-state index in [0.29, 0.717) is 0 Å². The van der Waals surface area contributed by atoms with Gasteiger partial charge in [-0.1, -0.05) is 0 Å². The highest BCUT2D eigenvalue weighted by Gasteiger charge is 2.30. The monoisotopic (exact) mass is 310 g/mol. The van der Waals surface area contributed by atoms with Gasteiger partial charge in [0.2, 0.25) is 0 Å². The molecule has 1 atom stereocenters. The fourth-order valence-corrected chi connectivity index (χ4v) is 3.00. The summed E-state index contributed by atoms with van der Waals surface area (Å²) < 4.78 is 36.6. The maximum Gasteiger partial charge on any atom is 0.321 e. The maximum absolute atomic E-state index is 12.0. The first-order chi connectivity index (χ1) is 9.36. The summed E-state index contributed by atoms with van der Waals surface area (Å²) in [6, 6.07) is -1.37. The Hall–Kier alpha value is -1.23. The smallest absolute Gasteiger partial charge is 0.321 e. The third-order valence-electron chi connectivity index (χ3n) is 2.76. The summed E-state index contributed by atoms with van der Waals surface area (Å²) in [4.78, 5) is 22.0. The molecule has 0 radical (unpaired) electrons. The number of ether oxygens (including phenoxy) is 2. The highest BCUT2D eigenvalue weighted by molar-refractivity contribution is 7.87. The van der Waals surface area contributed by atoms with Crippen molar-refractivity contribution in [3.05, 3.63) is 0 Å². The van der Waals surface area contributed by atoms with Crippen LogP contribution in [0, 0.1) is 0 Å². The van der Waals surface area contributed by atoms with Crippen molar-refractivity contribution >= 4 is 22.1 Å². The van der Waals surface area contributed by atoms with Crippen LogP contribution in [0.15, 0.2) is 0 Å². The highest BCUT2D eigenvalue weighted by Crippen LogP contribution is 2.07. The molecule has 1 saturated heterocycles. The SMILES string of the molecule is COC(=O)CC[C@H](NS(=O)(=O)N1CCOCC1)C(=O)O. The van der Waals surface area contributed by atoms with Gasteiger partial charge < -0.3 is 14.6 Å². The summed E-state index contributed by atoms with van der Waals surface area (Å²) >= 11 is 0. The Labute approximate surface area is 117 Å². The molecule has 0 bridgehead atoms. The molecule has 0 spiro atoms. The van der Waals surface area contributed by atoms with E-state index in [2.05, 4.69) is 9.46 Å². The van der Waals surface area contributed by atoms with Crippen LogP contribution in [0.4, 0.5) is 0 Å². The average molecular weight is 310 g/mol. The summed E-state index contributed by atoms with van der Waals surface area (Å²) in [6.07, 6.45) is -0.356. The number of rotatable bonds is 7. The molecule has 0 aromatic carbocycles. The molecular formula is C10H18N2O7S. The molecule has 1 heterocycles. The van der Waals surface area contributed by atoms with Crippen molar-refractivity contribution in [1.82, 2.24) is 9.03 Å². The summed E-state index contributed by atoms with van der Waals surface area (Å²) in [5.74, 6) is -1.94. The van der Waals surface area contributed by atoms with E-state index in [1.165, 1.54) is 7.11 Å². The van der Waals surface area contributed by atoms with Crippen LogP contribution in [0.1, 0.15) is 12.8 Å². The molecule has 20 heavy (non-hydrogen) atoms. The van der Waals surface area contributed by atoms with Crippen LogP contribution in [0.2, 0.25) is 0 Å². The van der Waals surface area contributed by atoms with Crippen molar-refractivity contribution in [2.24, 2.45) is 0 Å². The predicted octanol–water partition coefficient (Wildman–Crippen LogP) is -1.44. The molecule has 116 valence electrons. The Morgan fingerprint density at radius 1 is 1.40 bits per heavy atom. The molecule has 1 fully saturated rings. The van der Waals surface area contributed by atoms with Crippen molar-refractivity contribution in [1.29, 1.82) is 0 Å². The van der Waals surface area contributed by atoms with Crippen LogP contribution < -0.4 is 4.72 Å². The zero-order valence-corrected chi connectivity index (χ0v) is 11.9. The molecular weight excluding hydrogens is 292 g/mol. The Balaban J connectivity index is 2.63. The minimum Gasteiger partial charge on any atom is -0.480 e. The number of morpholine rings is 1. The summed E-state index contributed by atoms with van der Waals surface area (Å²) in [5, 5.41) is 9.00. The summed E-state index contributed by atoms with van der Waals surface area (Å²) in [6.45, 7) is 0.860. The molecule has 1 aliphatic heterocycles. The van der Waals surface area contributed by atoms with Gasteiger partial charge in [0, 0.05) is 19.5 Å². The van der Waals surface area contributed by atoms with Gasteiger partial charge in [0.05, 0.1) is 20.3 Å². The van der Waals surface area contributed by atoms with Gasteiger partial charge in [-0.3, -0.25) is 9.59 Å². The molecule has 1 aliphatic rings. The predicted molar refractivity (Wildman–Crippen MR) is 67.1 cm³/mol. The van der Waals surface area contributed by atoms with Gasteiger partial charge in [0.25, 0.3) is 10.2 Å². The number of carbonyl (C=O) groups excluding carboxylic acids is 1. The Morgan fingerprint density at radius 2 is 2.00 bits per heavy atom. The number of hydrogen-bond acceptors (Lipinski definition) is 6. The van der Waals surface area contributed by atoms with Gasteiger partial charge in [0.1, 0.15) is 6.04 Å². The van der Waals surface area contributed by atoms with Crippen LogP contribution >= 0.6 is 0 Å². The Morgan fingerprint density at radius 3 is 2.50 bits per heavy atom. The number of hydrogen-bond donors (Lipinski definition) is 2. The van der Waals surface area contributed by atoms with E-state index in [1.54, 1.807) is 0 Å². The van der Waals surface area contributed by atoms with Crippen molar-refractivity contribution in [2.45, 2.75) is 18.9 Å². The number of esters is 1. The van der Waals surface area contributed by atoms with E-state index in [0.717, 1.165) is 4.31 Å². The third-order valence-corrected chi connectivity index (χ3v) is 4.39. The second-order valence-corrected chi connectivity index (χ2v) is 5.84. The van der Waals surface area contributed by atoms with E-state index < -0.39 is 28.2 Å². The highest BCUT2D eigenvalue weighted by atomic mass is 32.2. The second kappa shape index (κ2) is 7.53. The lowest BCUT2D eigenvalue weighted by Crippen LogP contribution is -2.51. The first-order valence-electron chi connectivity index (χ1n) is 6.01. The molecule has 0 aliphatic carbocycles. The standard InChI is InChI=1S/C10H18N2O7S/c1-18-9(13)3-2-8(10(14)15)11-20(16,17)12-4-6-19-7-5-12/h8,11H,2-7H2,1H3,(H,14,15)/t8-/m0/s1. The van der Waals surface area contributed by atoms with E-state index >= 15 is 0 Å². The van der Waals surface area contributed by atoms with Crippen LogP contribution in [0.25, 0.3) is 0 Å². The minimum atomic E-state index is -3.91. The van der Waals surface area contributed by atoms with Gasteiger partial charge in [-0.25, -0.2) is 0 Å². The van der Waals surface area contributed by atoms with Crippen LogP contribution in [0.3, 0.4) is 0 Å². The lowest BCUT2D eigenvalue weighted by Gasteiger charge is -2.27. The van der Waals surface area contributed by atoms with Crippen LogP contribution in [-0.2, 0) is 29.3 Å². The topological polar surface area (TPSA) is 122 Å². The van der Waals surface area contributed by atoms with Gasteiger partial charge in [-0.2, -0.15) is 17.4 Å². The van der Waals surface area contributed by atoms with Gasteiger partial charge in [0.15, 0.2) is 0 Å². The normalized spacial score (nSPS) is 18.4. The molecule has 0 aromatic rings. The number of carboxylic acids is 1. The molecule has 2 N–H and O–H groups in total. The summed E-state index contributed by atoms with van der Waals surface area (Å²) in [5.41, 5.74) is 0. The fraction of sp³-hybridized carbons (Fsp3) is 0.800. The third kappa shape index (κ3) is 5.04. The number of aliphatic carboxylic acids is 1. The Kier molecular flexibility index (Phi) is 6.33. The lowest BCUT2D eigenvalue weighted by atomic mass is 10.2. The fourth-order valence-electron chi connectivity index (χ4n) is 1.64. The number of nitrogens with one attached hydrogen (secondary N) is 1. The van der Waals surface area contributed by atoms with Crippen molar-refractivity contribution in [3.63, 3.8) is 0 Å². The number of nitrogens with zero attached hydrogens (tertiary/aromatic N) is 1. The second-order valence-electron chi connectivity index (χ2n) is 4.14. The zero-order chi connectivity index (χ0) is 15.2. The van der Waals surface area contributed by atoms with Crippen molar-refractivity contribution in [3.8, 4) is 0 Å². The minimum absolute atomic E-state index is 0.165. The van der Waals surface area contributed by atoms with Crippen molar-refractivity contribution < 1.29 is 32.6 Å². The summed E-state index contributed by atoms with van der Waals surface area (Å²) in [7, 11) is -2.74. The number of carbonyl (C=O) groups is 2. The molecule has 10 heteroatoms. The molecule has 0 saturated carbocycles. The van der Waals surface area contributed by atoms with Crippen molar-refractivity contribution in [2.75, 3.05) is 33.4 Å². The first kappa shape index (κ1) is 16.8. The van der Waals surface area contributed by atoms with E-state index in [9.17, 15) is 18.0 Å². The van der Waals surface area contributed by atoms with Crippen LogP contribution in [-0.4, -0.2) is 69.2 Å². The van der Waals surface area contributed by atoms with Gasteiger partial charge >= 0.3 is 11.9 Å². The van der Waals surface area contributed by atoms with Crippen LogP contribution in [0.5, 0.6) is 0 Å². The zero-order valence-electron chi connectivity index (χ0n) is 11.1. The molecule has 0 unspecified atom stereocenters. The quantitative estimate of drug-likeness (QED) is 0.552. The first-order valence-corrected chi connectivity index (χ1v) is 7.45. The average Bonchev–Trinajstić information content (AvgIpc) is 2.43. The van der Waals surface area contributed by atoms with E-state index in [4.69, 9.17) is 9.84 Å².